The lowest BCUT2D eigenvalue weighted by Gasteiger charge is -2.06. The van der Waals surface area contributed by atoms with Crippen LogP contribution < -0.4 is 10.1 Å². The van der Waals surface area contributed by atoms with Gasteiger partial charge < -0.3 is 14.5 Å². The van der Waals surface area contributed by atoms with Crippen LogP contribution in [0.25, 0.3) is 11.3 Å². The van der Waals surface area contributed by atoms with E-state index in [2.05, 4.69) is 19.2 Å². The van der Waals surface area contributed by atoms with Crippen LogP contribution in [0, 0.1) is 5.82 Å². The highest BCUT2D eigenvalue weighted by Gasteiger charge is 2.13. The van der Waals surface area contributed by atoms with Gasteiger partial charge in [-0.3, -0.25) is 0 Å². The number of hydrogen-bond donors (Lipinski definition) is 1. The maximum absolute atomic E-state index is 14.1. The van der Waals surface area contributed by atoms with Crippen LogP contribution in [-0.2, 0) is 6.54 Å². The quantitative estimate of drug-likeness (QED) is 0.895. The van der Waals surface area contributed by atoms with E-state index >= 15 is 0 Å². The minimum absolute atomic E-state index is 0.218. The average molecular weight is 263 g/mol. The number of hydrogen-bond acceptors (Lipinski definition) is 3. The highest BCUT2D eigenvalue weighted by Crippen LogP contribution is 2.30. The Kier molecular flexibility index (Phi) is 4.22. The first-order valence-electron chi connectivity index (χ1n) is 6.26. The topological polar surface area (TPSA) is 34.4 Å². The molecule has 19 heavy (non-hydrogen) atoms. The summed E-state index contributed by atoms with van der Waals surface area (Å²) in [6, 6.07) is 9.01. The molecule has 0 spiro atoms. The molecule has 1 aromatic heterocycles. The third kappa shape index (κ3) is 3.15. The van der Waals surface area contributed by atoms with Gasteiger partial charge in [0.15, 0.2) is 11.6 Å². The standard InChI is InChI=1S/C15H18FNO2/c1-10(2)17-9-11-7-8-13(19-11)12-5-4-6-14(18-3)15(12)16/h4-8,10,17H,9H2,1-3H3. The fourth-order valence-corrected chi connectivity index (χ4v) is 1.78. The SMILES string of the molecule is COc1cccc(-c2ccc(CNC(C)C)o2)c1F. The molecule has 0 radical (unpaired) electrons. The Morgan fingerprint density at radius 3 is 2.74 bits per heavy atom. The summed E-state index contributed by atoms with van der Waals surface area (Å²) in [7, 11) is 1.45. The van der Waals surface area contributed by atoms with Crippen molar-refractivity contribution in [1.29, 1.82) is 0 Å². The number of ether oxygens (including phenoxy) is 1. The van der Waals surface area contributed by atoms with Crippen LogP contribution in [0.5, 0.6) is 5.75 Å². The summed E-state index contributed by atoms with van der Waals surface area (Å²) in [5.41, 5.74) is 0.412. The van der Waals surface area contributed by atoms with Crippen LogP contribution in [0.3, 0.4) is 0 Å². The summed E-state index contributed by atoms with van der Waals surface area (Å²) >= 11 is 0. The normalized spacial score (nSPS) is 11.0. The van der Waals surface area contributed by atoms with Gasteiger partial charge in [0.25, 0.3) is 0 Å². The Balaban J connectivity index is 2.23. The molecule has 2 aromatic rings. The van der Waals surface area contributed by atoms with E-state index in [1.165, 1.54) is 7.11 Å². The van der Waals surface area contributed by atoms with Gasteiger partial charge in [-0.2, -0.15) is 0 Å². The van der Waals surface area contributed by atoms with E-state index in [-0.39, 0.29) is 5.75 Å². The van der Waals surface area contributed by atoms with E-state index in [0.29, 0.717) is 23.9 Å². The number of rotatable bonds is 5. The molecule has 0 aliphatic rings. The summed E-state index contributed by atoms with van der Waals surface area (Å²) in [6.45, 7) is 4.75. The van der Waals surface area contributed by atoms with Crippen molar-refractivity contribution in [3.05, 3.63) is 41.9 Å². The van der Waals surface area contributed by atoms with E-state index in [1.807, 2.05) is 6.07 Å². The lowest BCUT2D eigenvalue weighted by molar-refractivity contribution is 0.386. The van der Waals surface area contributed by atoms with Gasteiger partial charge >= 0.3 is 0 Å². The van der Waals surface area contributed by atoms with Crippen molar-refractivity contribution >= 4 is 0 Å². The molecule has 3 nitrogen and oxygen atoms in total. The lowest BCUT2D eigenvalue weighted by atomic mass is 10.1. The highest BCUT2D eigenvalue weighted by atomic mass is 19.1. The first-order valence-corrected chi connectivity index (χ1v) is 6.26. The van der Waals surface area contributed by atoms with Gasteiger partial charge in [0.05, 0.1) is 19.2 Å². The van der Waals surface area contributed by atoms with Crippen molar-refractivity contribution in [2.75, 3.05) is 7.11 Å². The molecule has 1 heterocycles. The van der Waals surface area contributed by atoms with Crippen LogP contribution in [0.4, 0.5) is 4.39 Å². The fraction of sp³-hybridized carbons (Fsp3) is 0.333. The molecule has 0 amide bonds. The zero-order valence-corrected chi connectivity index (χ0v) is 11.4. The third-order valence-electron chi connectivity index (χ3n) is 2.79. The fourth-order valence-electron chi connectivity index (χ4n) is 1.78. The molecular weight excluding hydrogens is 245 g/mol. The molecule has 0 saturated carbocycles. The van der Waals surface area contributed by atoms with Crippen LogP contribution in [0.15, 0.2) is 34.7 Å². The smallest absolute Gasteiger partial charge is 0.175 e. The molecule has 1 N–H and O–H groups in total. The Labute approximate surface area is 112 Å². The molecule has 0 unspecified atom stereocenters. The maximum atomic E-state index is 14.1. The van der Waals surface area contributed by atoms with Crippen LogP contribution in [0.2, 0.25) is 0 Å². The molecule has 0 bridgehead atoms. The molecule has 4 heteroatoms. The van der Waals surface area contributed by atoms with Crippen molar-refractivity contribution in [3.8, 4) is 17.1 Å². The molecule has 0 atom stereocenters. The van der Waals surface area contributed by atoms with Gasteiger partial charge in [0.2, 0.25) is 0 Å². The Bertz CT molecular complexity index is 549. The van der Waals surface area contributed by atoms with E-state index in [4.69, 9.17) is 9.15 Å². The van der Waals surface area contributed by atoms with Gasteiger partial charge in [-0.1, -0.05) is 19.9 Å². The number of nitrogens with one attached hydrogen (secondary N) is 1. The predicted octanol–water partition coefficient (Wildman–Crippen LogP) is 3.59. The second-order valence-corrected chi connectivity index (χ2v) is 4.62. The van der Waals surface area contributed by atoms with Gasteiger partial charge in [-0.05, 0) is 24.3 Å². The molecule has 0 aliphatic carbocycles. The van der Waals surface area contributed by atoms with E-state index in [0.717, 1.165) is 5.76 Å². The minimum Gasteiger partial charge on any atom is -0.494 e. The molecule has 0 fully saturated rings. The lowest BCUT2D eigenvalue weighted by Crippen LogP contribution is -2.21. The van der Waals surface area contributed by atoms with Crippen molar-refractivity contribution in [2.45, 2.75) is 26.4 Å². The number of methoxy groups -OCH3 is 1. The van der Waals surface area contributed by atoms with Crippen LogP contribution in [-0.4, -0.2) is 13.2 Å². The maximum Gasteiger partial charge on any atom is 0.175 e. The summed E-state index contributed by atoms with van der Waals surface area (Å²) < 4.78 is 24.7. The number of benzene rings is 1. The predicted molar refractivity (Wildman–Crippen MR) is 72.6 cm³/mol. The molecule has 2 rings (SSSR count). The highest BCUT2D eigenvalue weighted by molar-refractivity contribution is 5.61. The summed E-state index contributed by atoms with van der Waals surface area (Å²) in [5, 5.41) is 3.25. The van der Waals surface area contributed by atoms with Crippen molar-refractivity contribution in [2.24, 2.45) is 0 Å². The van der Waals surface area contributed by atoms with Gasteiger partial charge in [0, 0.05) is 6.04 Å². The number of furan rings is 1. The third-order valence-corrected chi connectivity index (χ3v) is 2.79. The van der Waals surface area contributed by atoms with E-state index in [1.54, 1.807) is 24.3 Å². The number of halogens is 1. The molecule has 0 aliphatic heterocycles. The molecule has 0 saturated heterocycles. The summed E-state index contributed by atoms with van der Waals surface area (Å²) in [6.07, 6.45) is 0. The van der Waals surface area contributed by atoms with E-state index < -0.39 is 5.82 Å². The first-order chi connectivity index (χ1) is 9.11. The summed E-state index contributed by atoms with van der Waals surface area (Å²) in [5.74, 6) is 1.11. The second-order valence-electron chi connectivity index (χ2n) is 4.62. The molecular formula is C15H18FNO2. The largest absolute Gasteiger partial charge is 0.494 e. The molecule has 1 aromatic carbocycles. The van der Waals surface area contributed by atoms with Crippen LogP contribution >= 0.6 is 0 Å². The zero-order valence-electron chi connectivity index (χ0n) is 11.4. The first kappa shape index (κ1) is 13.6. The van der Waals surface area contributed by atoms with Crippen LogP contribution in [0.1, 0.15) is 19.6 Å². The van der Waals surface area contributed by atoms with Gasteiger partial charge in [0.1, 0.15) is 11.5 Å². The summed E-state index contributed by atoms with van der Waals surface area (Å²) in [4.78, 5) is 0. The van der Waals surface area contributed by atoms with Crippen molar-refractivity contribution < 1.29 is 13.5 Å². The minimum atomic E-state index is -0.400. The van der Waals surface area contributed by atoms with E-state index in [9.17, 15) is 4.39 Å². The second kappa shape index (κ2) is 5.89. The van der Waals surface area contributed by atoms with Gasteiger partial charge in [-0.15, -0.1) is 0 Å². The zero-order chi connectivity index (χ0) is 13.8. The monoisotopic (exact) mass is 263 g/mol. The van der Waals surface area contributed by atoms with Crippen molar-refractivity contribution in [3.63, 3.8) is 0 Å². The Morgan fingerprint density at radius 2 is 2.05 bits per heavy atom. The Morgan fingerprint density at radius 1 is 1.26 bits per heavy atom. The average Bonchev–Trinajstić information content (AvgIpc) is 2.85. The van der Waals surface area contributed by atoms with Crippen molar-refractivity contribution in [1.82, 2.24) is 5.32 Å². The molecule has 102 valence electrons. The van der Waals surface area contributed by atoms with Gasteiger partial charge in [-0.25, -0.2) is 4.39 Å². The Hall–Kier alpha value is -1.81.